The van der Waals surface area contributed by atoms with Crippen molar-refractivity contribution in [2.75, 3.05) is 0 Å². The molecule has 0 aliphatic heterocycles. The molecule has 0 saturated heterocycles. The minimum absolute atomic E-state index is 0.120. The van der Waals surface area contributed by atoms with E-state index in [0.717, 1.165) is 6.42 Å². The average molecular weight is 541 g/mol. The van der Waals surface area contributed by atoms with Gasteiger partial charge in [0, 0.05) is 17.3 Å². The van der Waals surface area contributed by atoms with Crippen LogP contribution in [0.25, 0.3) is 0 Å². The van der Waals surface area contributed by atoms with Crippen LogP contribution < -0.4 is 0 Å². The fraction of sp³-hybridized carbons (Fsp3) is 0.143. The van der Waals surface area contributed by atoms with E-state index in [1.54, 1.807) is 0 Å². The van der Waals surface area contributed by atoms with E-state index < -0.39 is 0 Å². The van der Waals surface area contributed by atoms with Crippen molar-refractivity contribution >= 4 is 0 Å². The average Bonchev–Trinajstić information content (AvgIpc) is 3.04. The standard InChI is InChI=1S/C42H36/c1-42(2)38-27-15-25-34(40(30-17-7-3-8-18-30)31-19-9-4-10-20-31)36(38)29-37-35(26-16-28-39(37)42)41(32-21-11-5-12-22-32)33-23-13-6-14-24-33/h3-28,40-41H,29H2,1-2H3. The van der Waals surface area contributed by atoms with Crippen molar-refractivity contribution in [1.82, 2.24) is 0 Å². The third-order valence-corrected chi connectivity index (χ3v) is 9.28. The Morgan fingerprint density at radius 3 is 1.00 bits per heavy atom. The molecule has 0 saturated carbocycles. The second-order valence-electron chi connectivity index (χ2n) is 12.1. The lowest BCUT2D eigenvalue weighted by atomic mass is 9.64. The van der Waals surface area contributed by atoms with E-state index in [2.05, 4.69) is 172 Å². The SMILES string of the molecule is CC1(C)c2cccc(C(c3ccccc3)c3ccccc3)c2Cc2c(C(c3ccccc3)c3ccccc3)cccc21. The molecule has 1 aliphatic rings. The van der Waals surface area contributed by atoms with E-state index in [4.69, 9.17) is 0 Å². The molecule has 0 unspecified atom stereocenters. The van der Waals surface area contributed by atoms with Crippen molar-refractivity contribution in [2.45, 2.75) is 37.5 Å². The summed E-state index contributed by atoms with van der Waals surface area (Å²) in [5.41, 5.74) is 13.9. The normalized spacial score (nSPS) is 13.5. The molecule has 0 amide bonds. The molecule has 1 aliphatic carbocycles. The van der Waals surface area contributed by atoms with Crippen molar-refractivity contribution < 1.29 is 0 Å². The molecule has 0 nitrogen and oxygen atoms in total. The van der Waals surface area contributed by atoms with Crippen molar-refractivity contribution in [3.05, 3.63) is 213 Å². The highest BCUT2D eigenvalue weighted by atomic mass is 14.4. The summed E-state index contributed by atoms with van der Waals surface area (Å²) in [6, 6.07) is 58.1. The first-order valence-corrected chi connectivity index (χ1v) is 15.1. The zero-order chi connectivity index (χ0) is 28.5. The lowest BCUT2D eigenvalue weighted by Gasteiger charge is -2.39. The van der Waals surface area contributed by atoms with Gasteiger partial charge in [0.25, 0.3) is 0 Å². The monoisotopic (exact) mass is 540 g/mol. The van der Waals surface area contributed by atoms with Crippen LogP contribution in [0.1, 0.15) is 81.3 Å². The Morgan fingerprint density at radius 1 is 0.381 bits per heavy atom. The Hall–Kier alpha value is -4.68. The predicted molar refractivity (Wildman–Crippen MR) is 175 cm³/mol. The number of hydrogen-bond donors (Lipinski definition) is 0. The fourth-order valence-electron chi connectivity index (χ4n) is 7.32. The third kappa shape index (κ3) is 4.58. The van der Waals surface area contributed by atoms with Gasteiger partial charge in [0.1, 0.15) is 0 Å². The van der Waals surface area contributed by atoms with Crippen LogP contribution in [0.15, 0.2) is 158 Å². The Morgan fingerprint density at radius 2 is 0.690 bits per heavy atom. The zero-order valence-corrected chi connectivity index (χ0v) is 24.4. The third-order valence-electron chi connectivity index (χ3n) is 9.28. The summed E-state index contributed by atoms with van der Waals surface area (Å²) >= 11 is 0. The number of benzene rings is 6. The van der Waals surface area contributed by atoms with Gasteiger partial charge in [-0.1, -0.05) is 172 Å². The molecular weight excluding hydrogens is 504 g/mol. The largest absolute Gasteiger partial charge is 0.0622 e. The molecule has 42 heavy (non-hydrogen) atoms. The van der Waals surface area contributed by atoms with E-state index >= 15 is 0 Å². The van der Waals surface area contributed by atoms with Crippen molar-refractivity contribution in [3.8, 4) is 0 Å². The van der Waals surface area contributed by atoms with Crippen LogP contribution in [0.4, 0.5) is 0 Å². The molecule has 6 aromatic carbocycles. The maximum Gasteiger partial charge on any atom is 0.0342 e. The summed E-state index contributed by atoms with van der Waals surface area (Å²) in [6.45, 7) is 4.83. The lowest BCUT2D eigenvalue weighted by molar-refractivity contribution is 0.604. The van der Waals surface area contributed by atoms with E-state index in [1.807, 2.05) is 0 Å². The molecule has 7 rings (SSSR count). The summed E-state index contributed by atoms with van der Waals surface area (Å²) < 4.78 is 0. The maximum atomic E-state index is 2.41. The minimum Gasteiger partial charge on any atom is -0.0622 e. The van der Waals surface area contributed by atoms with Crippen molar-refractivity contribution in [1.29, 1.82) is 0 Å². The Balaban J connectivity index is 1.45. The number of hydrogen-bond acceptors (Lipinski definition) is 0. The minimum atomic E-state index is -0.120. The summed E-state index contributed by atoms with van der Waals surface area (Å²) in [4.78, 5) is 0. The summed E-state index contributed by atoms with van der Waals surface area (Å²) in [5.74, 6) is 0.344. The van der Waals surface area contributed by atoms with Gasteiger partial charge in [-0.2, -0.15) is 0 Å². The van der Waals surface area contributed by atoms with Gasteiger partial charge < -0.3 is 0 Å². The van der Waals surface area contributed by atoms with Gasteiger partial charge in [-0.05, 0) is 62.1 Å². The van der Waals surface area contributed by atoms with Crippen LogP contribution in [0, 0.1) is 0 Å². The van der Waals surface area contributed by atoms with Crippen LogP contribution in [-0.2, 0) is 11.8 Å². The lowest BCUT2D eigenvalue weighted by Crippen LogP contribution is -2.29. The molecule has 0 radical (unpaired) electrons. The Labute approximate surface area is 250 Å². The highest BCUT2D eigenvalue weighted by Crippen LogP contribution is 2.48. The molecule has 0 fully saturated rings. The molecule has 0 aromatic heterocycles. The van der Waals surface area contributed by atoms with Gasteiger partial charge in [-0.25, -0.2) is 0 Å². The first kappa shape index (κ1) is 26.2. The molecule has 0 atom stereocenters. The van der Waals surface area contributed by atoms with Gasteiger partial charge in [0.2, 0.25) is 0 Å². The van der Waals surface area contributed by atoms with Gasteiger partial charge in [0.15, 0.2) is 0 Å². The molecular formula is C42H36. The summed E-state index contributed by atoms with van der Waals surface area (Å²) in [6.07, 6.45) is 0.923. The maximum absolute atomic E-state index is 2.41. The van der Waals surface area contributed by atoms with Gasteiger partial charge in [-0.15, -0.1) is 0 Å². The quantitative estimate of drug-likeness (QED) is 0.184. The van der Waals surface area contributed by atoms with E-state index in [-0.39, 0.29) is 17.3 Å². The Kier molecular flexibility index (Phi) is 6.84. The van der Waals surface area contributed by atoms with Crippen LogP contribution >= 0.6 is 0 Å². The first-order chi connectivity index (χ1) is 20.6. The zero-order valence-electron chi connectivity index (χ0n) is 24.4. The van der Waals surface area contributed by atoms with Gasteiger partial charge in [0.05, 0.1) is 0 Å². The van der Waals surface area contributed by atoms with Gasteiger partial charge >= 0.3 is 0 Å². The molecule has 204 valence electrons. The molecule has 0 spiro atoms. The highest BCUT2D eigenvalue weighted by molar-refractivity contribution is 5.62. The summed E-state index contributed by atoms with van der Waals surface area (Å²) in [5, 5.41) is 0. The predicted octanol–water partition coefficient (Wildman–Crippen LogP) is 10.3. The molecule has 6 aromatic rings. The molecule has 0 heteroatoms. The second kappa shape index (κ2) is 11.0. The Bertz CT molecular complexity index is 1590. The fourth-order valence-corrected chi connectivity index (χ4v) is 7.32. The van der Waals surface area contributed by atoms with Crippen molar-refractivity contribution in [3.63, 3.8) is 0 Å². The highest BCUT2D eigenvalue weighted by Gasteiger charge is 2.37. The van der Waals surface area contributed by atoms with E-state index in [1.165, 1.54) is 55.6 Å². The molecule has 0 heterocycles. The van der Waals surface area contributed by atoms with E-state index in [0.29, 0.717) is 0 Å². The smallest absolute Gasteiger partial charge is 0.0342 e. The molecule has 0 N–H and O–H groups in total. The molecule has 0 bridgehead atoms. The van der Waals surface area contributed by atoms with Crippen LogP contribution in [0.2, 0.25) is 0 Å². The van der Waals surface area contributed by atoms with Crippen LogP contribution in [0.5, 0.6) is 0 Å². The van der Waals surface area contributed by atoms with Crippen molar-refractivity contribution in [2.24, 2.45) is 0 Å². The van der Waals surface area contributed by atoms with E-state index in [9.17, 15) is 0 Å². The van der Waals surface area contributed by atoms with Crippen LogP contribution in [0.3, 0.4) is 0 Å². The number of rotatable bonds is 6. The number of fused-ring (bicyclic) bond motifs is 2. The first-order valence-electron chi connectivity index (χ1n) is 15.1. The topological polar surface area (TPSA) is 0 Å². The van der Waals surface area contributed by atoms with Gasteiger partial charge in [-0.3, -0.25) is 0 Å². The summed E-state index contributed by atoms with van der Waals surface area (Å²) in [7, 11) is 0. The van der Waals surface area contributed by atoms with Crippen LogP contribution in [-0.4, -0.2) is 0 Å². The second-order valence-corrected chi connectivity index (χ2v) is 12.1.